The monoisotopic (exact) mass is 1680 g/mol. The summed E-state index contributed by atoms with van der Waals surface area (Å²) in [5.74, 6) is 0. The zero-order valence-electron chi connectivity index (χ0n) is 81.9. The van der Waals surface area contributed by atoms with Gasteiger partial charge in [-0.15, -0.1) is 0 Å². The molecule has 0 nitrogen and oxygen atoms in total. The Morgan fingerprint density at radius 1 is 0.0930 bits per heavy atom. The van der Waals surface area contributed by atoms with Gasteiger partial charge in [0.25, 0.3) is 0 Å². The number of hydrogen-bond acceptors (Lipinski definition) is 0. The molecular formula is C129H132. The minimum Gasteiger partial charge on any atom is -0.0614 e. The second kappa shape index (κ2) is 40.8. The molecule has 0 heterocycles. The standard InChI is InChI=1S/5C17H16.2C13H14.2C9H12/c1-11-5-7-16-13(3)17-9-12(2)4-6-14(17)10-15(16)8-11;1-11-4-6-14-10-17-13(3)12(2)5-7-15(17)9-16(14)8-11;1-11-4-6-16-13(3)17-7-5-12(2)9-15(17)10-14(16)8-11;1-11-6-4-8-14-13(3)15-9-5-7-12(2)17(15)10-16(11)14;1-11-4-5-14-10-17-13(3)6-12(2)8-16(17)9-15(14)7-11;1-9-4-7-13-11(3)10(2)5-6-12(13)8-9;1-9-4-5-13-11(3)6-10(2)8-12(13)7-9;1-7-4-8(2)6-9(3)5-7;1-7-4-5-8(2)9(3)6-7/h5*4-10H,1-3H3;2*4-8H,1-3H3;2*4-6H,1-3H3. The van der Waals surface area contributed by atoms with Crippen molar-refractivity contribution in [2.75, 3.05) is 0 Å². The first kappa shape index (κ1) is 93.4. The maximum Gasteiger partial charge on any atom is -0.0146 e. The fourth-order valence-corrected chi connectivity index (χ4v) is 18.6. The molecule has 0 spiro atoms. The minimum absolute atomic E-state index is 1.32. The van der Waals surface area contributed by atoms with Crippen molar-refractivity contribution < 1.29 is 0 Å². The van der Waals surface area contributed by atoms with Crippen LogP contribution in [-0.2, 0) is 0 Å². The van der Waals surface area contributed by atoms with E-state index in [1.807, 2.05) is 0 Å². The van der Waals surface area contributed by atoms with Crippen LogP contribution in [0.5, 0.6) is 0 Å². The second-order valence-corrected chi connectivity index (χ2v) is 37.5. The predicted octanol–water partition coefficient (Wildman–Crippen LogP) is 37.3. The van der Waals surface area contributed by atoms with E-state index in [0.29, 0.717) is 0 Å². The lowest BCUT2D eigenvalue weighted by Gasteiger charge is -2.11. The Balaban J connectivity index is 0.000000125. The van der Waals surface area contributed by atoms with Crippen LogP contribution in [0.3, 0.4) is 0 Å². The second-order valence-electron chi connectivity index (χ2n) is 37.5. The first-order valence-electron chi connectivity index (χ1n) is 46.0. The number of aryl methyl sites for hydroxylation is 27. The highest BCUT2D eigenvalue weighted by Gasteiger charge is 2.12. The van der Waals surface area contributed by atoms with Crippen molar-refractivity contribution in [3.05, 3.63) is 460 Å². The quantitative estimate of drug-likeness (QED) is 0.133. The third-order valence-electron chi connectivity index (χ3n) is 26.1. The topological polar surface area (TPSA) is 0 Å². The van der Waals surface area contributed by atoms with Gasteiger partial charge in [-0.05, 0) is 431 Å². The molecule has 0 saturated carbocycles. The highest BCUT2D eigenvalue weighted by molar-refractivity contribution is 6.07. The molecule has 0 saturated heterocycles. The molecule has 129 heavy (non-hydrogen) atoms. The molecule has 0 bridgehead atoms. The van der Waals surface area contributed by atoms with Gasteiger partial charge in [0.1, 0.15) is 0 Å². The lowest BCUT2D eigenvalue weighted by molar-refractivity contribution is 1.30. The van der Waals surface area contributed by atoms with E-state index in [4.69, 9.17) is 0 Å². The molecule has 0 amide bonds. The van der Waals surface area contributed by atoms with Crippen LogP contribution in [0.4, 0.5) is 0 Å². The molecule has 0 aromatic heterocycles. The average molecular weight is 1680 g/mol. The third kappa shape index (κ3) is 22.7. The maximum atomic E-state index is 2.34. The molecule has 0 heteroatoms. The molecule has 21 aromatic rings. The Morgan fingerprint density at radius 3 is 0.791 bits per heavy atom. The third-order valence-corrected chi connectivity index (χ3v) is 26.1. The Kier molecular flexibility index (Phi) is 29.5. The molecule has 648 valence electrons. The van der Waals surface area contributed by atoms with Crippen molar-refractivity contribution in [1.82, 2.24) is 0 Å². The summed E-state index contributed by atoms with van der Waals surface area (Å²) in [5.41, 5.74) is 36.6. The Bertz CT molecular complexity index is 7570. The molecule has 0 unspecified atom stereocenters. The molecule has 0 N–H and O–H groups in total. The first-order chi connectivity index (χ1) is 61.5. The summed E-state index contributed by atoms with van der Waals surface area (Å²) in [5, 5.41) is 32.6. The molecule has 21 rings (SSSR count). The van der Waals surface area contributed by atoms with Gasteiger partial charge in [-0.1, -0.05) is 345 Å². The van der Waals surface area contributed by atoms with Crippen molar-refractivity contribution in [1.29, 1.82) is 0 Å². The summed E-state index contributed by atoms with van der Waals surface area (Å²) >= 11 is 0. The van der Waals surface area contributed by atoms with E-state index in [1.54, 1.807) is 0 Å². The highest BCUT2D eigenvalue weighted by Crippen LogP contribution is 2.36. The predicted molar refractivity (Wildman–Crippen MR) is 576 cm³/mol. The fourth-order valence-electron chi connectivity index (χ4n) is 18.6. The highest BCUT2D eigenvalue weighted by atomic mass is 14.2. The Labute approximate surface area is 770 Å². The van der Waals surface area contributed by atoms with Gasteiger partial charge in [0.05, 0.1) is 0 Å². The van der Waals surface area contributed by atoms with E-state index in [-0.39, 0.29) is 0 Å². The van der Waals surface area contributed by atoms with Crippen molar-refractivity contribution in [2.45, 2.75) is 187 Å². The molecule has 0 aliphatic heterocycles. The summed E-state index contributed by atoms with van der Waals surface area (Å²) in [6.45, 7) is 58.4. The molecule has 0 fully saturated rings. The van der Waals surface area contributed by atoms with Crippen molar-refractivity contribution in [2.24, 2.45) is 0 Å². The van der Waals surface area contributed by atoms with Crippen LogP contribution in [0.1, 0.15) is 150 Å². The zero-order valence-corrected chi connectivity index (χ0v) is 81.9. The largest absolute Gasteiger partial charge is 0.0614 e. The fraction of sp³-hybridized carbons (Fsp3) is 0.209. The molecule has 0 radical (unpaired) electrons. The van der Waals surface area contributed by atoms with Crippen LogP contribution < -0.4 is 0 Å². The SMILES string of the molecule is Cc1cc(C)cc(C)c1.Cc1ccc(C)c(C)c1.Cc1ccc2c(C)c(C)ccc2c1.Cc1ccc2c(C)c3cc(C)ccc3cc2c1.Cc1ccc2c(C)c3ccc(C)cc3cc2c1.Cc1ccc2c(C)cc(C)cc2c1.Cc1ccc2cc3c(C)c(C)ccc3cc2c1.Cc1ccc2cc3c(C)cc(C)cc3cc2c1.Cc1cccc2c(C)c3cccc(C)c3cc12. The van der Waals surface area contributed by atoms with Crippen LogP contribution in [0.15, 0.2) is 309 Å². The maximum absolute atomic E-state index is 2.34. The Morgan fingerprint density at radius 2 is 0.349 bits per heavy atom. The number of fused-ring (bicyclic) bond motifs is 12. The number of benzene rings is 21. The molecule has 0 atom stereocenters. The van der Waals surface area contributed by atoms with Crippen LogP contribution >= 0.6 is 0 Å². The number of hydrogen-bond donors (Lipinski definition) is 0. The van der Waals surface area contributed by atoms with Gasteiger partial charge in [0, 0.05) is 0 Å². The van der Waals surface area contributed by atoms with E-state index < -0.39 is 0 Å². The van der Waals surface area contributed by atoms with Crippen LogP contribution in [0, 0.1) is 187 Å². The van der Waals surface area contributed by atoms with Gasteiger partial charge in [0.2, 0.25) is 0 Å². The van der Waals surface area contributed by atoms with E-state index in [0.717, 1.165) is 0 Å². The van der Waals surface area contributed by atoms with E-state index in [9.17, 15) is 0 Å². The lowest BCUT2D eigenvalue weighted by atomic mass is 9.93. The number of rotatable bonds is 0. The molecule has 0 aliphatic rings. The molecule has 21 aromatic carbocycles. The van der Waals surface area contributed by atoms with E-state index in [1.165, 1.54) is 279 Å². The molecular weight excluding hydrogens is 1550 g/mol. The normalized spacial score (nSPS) is 10.9. The average Bonchev–Trinajstić information content (AvgIpc) is 0.493. The first-order valence-corrected chi connectivity index (χ1v) is 46.0. The summed E-state index contributed by atoms with van der Waals surface area (Å²) in [6, 6.07) is 113. The van der Waals surface area contributed by atoms with Gasteiger partial charge in [-0.3, -0.25) is 0 Å². The summed E-state index contributed by atoms with van der Waals surface area (Å²) in [4.78, 5) is 0. The molecule has 0 aliphatic carbocycles. The zero-order chi connectivity index (χ0) is 92.5. The van der Waals surface area contributed by atoms with Crippen LogP contribution in [0.2, 0.25) is 0 Å². The van der Waals surface area contributed by atoms with Gasteiger partial charge < -0.3 is 0 Å². The van der Waals surface area contributed by atoms with Gasteiger partial charge in [0.15, 0.2) is 0 Å². The Hall–Kier alpha value is -13.3. The van der Waals surface area contributed by atoms with Crippen LogP contribution in [0.25, 0.3) is 129 Å². The van der Waals surface area contributed by atoms with Crippen LogP contribution in [-0.4, -0.2) is 0 Å². The van der Waals surface area contributed by atoms with Gasteiger partial charge in [-0.25, -0.2) is 0 Å². The van der Waals surface area contributed by atoms with Crippen molar-refractivity contribution in [3.8, 4) is 0 Å². The van der Waals surface area contributed by atoms with E-state index >= 15 is 0 Å². The summed E-state index contributed by atoms with van der Waals surface area (Å²) in [6.07, 6.45) is 0. The van der Waals surface area contributed by atoms with Gasteiger partial charge >= 0.3 is 0 Å². The van der Waals surface area contributed by atoms with E-state index in [2.05, 4.69) is 496 Å². The minimum atomic E-state index is 1.32. The summed E-state index contributed by atoms with van der Waals surface area (Å²) < 4.78 is 0. The lowest BCUT2D eigenvalue weighted by Crippen LogP contribution is -1.87. The van der Waals surface area contributed by atoms with Crippen molar-refractivity contribution >= 4 is 129 Å². The summed E-state index contributed by atoms with van der Waals surface area (Å²) in [7, 11) is 0. The van der Waals surface area contributed by atoms with Crippen molar-refractivity contribution in [3.63, 3.8) is 0 Å². The smallest absolute Gasteiger partial charge is 0.0146 e. The van der Waals surface area contributed by atoms with Gasteiger partial charge in [-0.2, -0.15) is 0 Å².